The molecular weight excluding hydrogens is 306 g/mol. The maximum atomic E-state index is 12.0. The molecule has 6 heteroatoms. The van der Waals surface area contributed by atoms with Crippen molar-refractivity contribution in [2.75, 3.05) is 25.0 Å². The smallest absolute Gasteiger partial charge is 0.343 e. The molecule has 2 atom stereocenters. The van der Waals surface area contributed by atoms with E-state index in [0.29, 0.717) is 23.7 Å². The minimum Gasteiger partial charge on any atom is -0.477 e. The number of anilines is 1. The molecule has 24 heavy (non-hydrogen) atoms. The fraction of sp³-hybridized carbons (Fsp3) is 0.444. The summed E-state index contributed by atoms with van der Waals surface area (Å²) in [6, 6.07) is 9.97. The van der Waals surface area contributed by atoms with Gasteiger partial charge in [0.2, 0.25) is 0 Å². The average Bonchev–Trinajstić information content (AvgIpc) is 3.12. The Morgan fingerprint density at radius 1 is 1.21 bits per heavy atom. The van der Waals surface area contributed by atoms with Gasteiger partial charge in [-0.25, -0.2) is 4.79 Å². The lowest BCUT2D eigenvalue weighted by molar-refractivity contribution is 0.0697. The van der Waals surface area contributed by atoms with Gasteiger partial charge in [-0.05, 0) is 32.9 Å². The van der Waals surface area contributed by atoms with Crippen LogP contribution in [0, 0.1) is 0 Å². The number of carboxylic acid groups (broad SMARTS) is 1. The van der Waals surface area contributed by atoms with Gasteiger partial charge in [0.1, 0.15) is 0 Å². The molecule has 2 saturated heterocycles. The normalized spacial score (nSPS) is 24.1. The van der Waals surface area contributed by atoms with E-state index in [2.05, 4.69) is 22.0 Å². The number of aromatic carboxylic acids is 1. The van der Waals surface area contributed by atoms with Gasteiger partial charge in [0.15, 0.2) is 17.1 Å². The van der Waals surface area contributed by atoms with E-state index in [0.717, 1.165) is 37.9 Å². The van der Waals surface area contributed by atoms with Crippen LogP contribution < -0.4 is 4.90 Å². The average molecular weight is 327 g/mol. The van der Waals surface area contributed by atoms with Gasteiger partial charge in [-0.15, -0.1) is 0 Å². The third-order valence-electron chi connectivity index (χ3n) is 5.15. The molecule has 0 radical (unpaired) electrons. The minimum absolute atomic E-state index is 0.183. The van der Waals surface area contributed by atoms with E-state index >= 15 is 0 Å². The second kappa shape index (κ2) is 5.94. The van der Waals surface area contributed by atoms with E-state index in [4.69, 9.17) is 4.52 Å². The van der Waals surface area contributed by atoms with Crippen LogP contribution in [0.5, 0.6) is 0 Å². The Labute approximate surface area is 140 Å². The van der Waals surface area contributed by atoms with Gasteiger partial charge >= 0.3 is 5.97 Å². The fourth-order valence-corrected chi connectivity index (χ4v) is 4.03. The van der Waals surface area contributed by atoms with Crippen molar-refractivity contribution in [3.63, 3.8) is 0 Å². The molecular formula is C18H21N3O3. The second-order valence-corrected chi connectivity index (χ2v) is 6.72. The highest BCUT2D eigenvalue weighted by molar-refractivity contribution is 5.99. The monoisotopic (exact) mass is 327 g/mol. The predicted octanol–water partition coefficient (Wildman–Crippen LogP) is 2.71. The Kier molecular flexibility index (Phi) is 3.76. The molecule has 2 aromatic rings. The van der Waals surface area contributed by atoms with E-state index in [1.165, 1.54) is 0 Å². The first-order valence-corrected chi connectivity index (χ1v) is 8.40. The number of likely N-dealkylation sites (tertiary alicyclic amines) is 1. The second-order valence-electron chi connectivity index (χ2n) is 6.72. The van der Waals surface area contributed by atoms with Crippen LogP contribution in [-0.2, 0) is 0 Å². The van der Waals surface area contributed by atoms with E-state index in [9.17, 15) is 9.90 Å². The fourth-order valence-electron chi connectivity index (χ4n) is 4.03. The molecule has 0 aliphatic carbocycles. The molecule has 2 aliphatic rings. The van der Waals surface area contributed by atoms with E-state index in [1.807, 2.05) is 30.3 Å². The lowest BCUT2D eigenvalue weighted by Gasteiger charge is -2.28. The van der Waals surface area contributed by atoms with Crippen molar-refractivity contribution in [1.29, 1.82) is 0 Å². The molecule has 1 aromatic carbocycles. The Morgan fingerprint density at radius 2 is 1.96 bits per heavy atom. The molecule has 126 valence electrons. The molecule has 1 aromatic heterocycles. The Hall–Kier alpha value is -2.34. The maximum absolute atomic E-state index is 12.0. The predicted molar refractivity (Wildman–Crippen MR) is 90.3 cm³/mol. The summed E-state index contributed by atoms with van der Waals surface area (Å²) >= 11 is 0. The van der Waals surface area contributed by atoms with Gasteiger partial charge in [0, 0.05) is 24.2 Å². The summed E-state index contributed by atoms with van der Waals surface area (Å²) in [5.74, 6) is -0.152. The number of carboxylic acids is 1. The van der Waals surface area contributed by atoms with Crippen LogP contribution in [0.3, 0.4) is 0 Å². The van der Waals surface area contributed by atoms with Gasteiger partial charge in [-0.1, -0.05) is 35.5 Å². The number of benzene rings is 1. The zero-order valence-electron chi connectivity index (χ0n) is 13.7. The van der Waals surface area contributed by atoms with Gasteiger partial charge in [-0.2, -0.15) is 0 Å². The molecule has 6 nitrogen and oxygen atoms in total. The first kappa shape index (κ1) is 15.2. The summed E-state index contributed by atoms with van der Waals surface area (Å²) in [6.07, 6.45) is 3.19. The summed E-state index contributed by atoms with van der Waals surface area (Å²) < 4.78 is 5.50. The van der Waals surface area contributed by atoms with Crippen LogP contribution in [0.25, 0.3) is 11.3 Å². The van der Waals surface area contributed by atoms with Crippen LogP contribution in [0.4, 0.5) is 5.82 Å². The zero-order chi connectivity index (χ0) is 16.7. The van der Waals surface area contributed by atoms with Gasteiger partial charge in [0.25, 0.3) is 0 Å². The molecule has 2 aliphatic heterocycles. The molecule has 1 N–H and O–H groups in total. The van der Waals surface area contributed by atoms with Crippen LogP contribution >= 0.6 is 0 Å². The lowest BCUT2D eigenvalue weighted by Crippen LogP contribution is -2.39. The van der Waals surface area contributed by atoms with Crippen LogP contribution in [0.15, 0.2) is 34.9 Å². The Morgan fingerprint density at radius 3 is 2.71 bits per heavy atom. The van der Waals surface area contributed by atoms with Crippen molar-refractivity contribution in [1.82, 2.24) is 10.1 Å². The number of rotatable bonds is 3. The maximum Gasteiger partial charge on any atom is 0.343 e. The number of nitrogens with zero attached hydrogens (tertiary/aromatic N) is 3. The lowest BCUT2D eigenvalue weighted by atomic mass is 10.1. The van der Waals surface area contributed by atoms with Crippen LogP contribution in [0.2, 0.25) is 0 Å². The van der Waals surface area contributed by atoms with Crippen molar-refractivity contribution in [2.45, 2.75) is 31.3 Å². The highest BCUT2D eigenvalue weighted by atomic mass is 16.5. The molecule has 0 saturated carbocycles. The minimum atomic E-state index is -0.984. The first-order valence-electron chi connectivity index (χ1n) is 8.40. The first-order chi connectivity index (χ1) is 11.6. The van der Waals surface area contributed by atoms with E-state index < -0.39 is 5.97 Å². The summed E-state index contributed by atoms with van der Waals surface area (Å²) in [4.78, 5) is 16.5. The summed E-state index contributed by atoms with van der Waals surface area (Å²) in [6.45, 7) is 1.96. The molecule has 0 amide bonds. The molecule has 0 unspecified atom stereocenters. The third-order valence-corrected chi connectivity index (χ3v) is 5.15. The molecule has 2 fully saturated rings. The number of aromatic nitrogens is 1. The Balaban J connectivity index is 1.79. The summed E-state index contributed by atoms with van der Waals surface area (Å²) in [5, 5.41) is 14.0. The van der Waals surface area contributed by atoms with Crippen molar-refractivity contribution in [2.24, 2.45) is 0 Å². The largest absolute Gasteiger partial charge is 0.477 e. The van der Waals surface area contributed by atoms with Crippen LogP contribution in [0.1, 0.15) is 29.6 Å². The van der Waals surface area contributed by atoms with Crippen molar-refractivity contribution >= 4 is 11.8 Å². The Bertz CT molecular complexity index is 743. The molecule has 3 heterocycles. The van der Waals surface area contributed by atoms with Crippen molar-refractivity contribution < 1.29 is 14.4 Å². The molecule has 2 bridgehead atoms. The van der Waals surface area contributed by atoms with Crippen LogP contribution in [-0.4, -0.2) is 53.4 Å². The highest BCUT2D eigenvalue weighted by Crippen LogP contribution is 2.39. The van der Waals surface area contributed by atoms with Gasteiger partial charge in [-0.3, -0.25) is 0 Å². The highest BCUT2D eigenvalue weighted by Gasteiger charge is 2.41. The van der Waals surface area contributed by atoms with Crippen molar-refractivity contribution in [3.05, 3.63) is 35.9 Å². The number of fused-ring (bicyclic) bond motifs is 2. The topological polar surface area (TPSA) is 69.8 Å². The quantitative estimate of drug-likeness (QED) is 0.935. The van der Waals surface area contributed by atoms with Crippen molar-refractivity contribution in [3.8, 4) is 11.3 Å². The number of carbonyl (C=O) groups is 1. The van der Waals surface area contributed by atoms with E-state index in [-0.39, 0.29) is 5.56 Å². The molecule has 4 rings (SSSR count). The third kappa shape index (κ3) is 2.47. The SMILES string of the molecule is CN1CC[C@H]2CC[C@@H](C1)N2c1noc(-c2ccccc2)c1C(=O)O. The number of likely N-dealkylation sites (N-methyl/N-ethyl adjacent to an activating group) is 1. The summed E-state index contributed by atoms with van der Waals surface area (Å²) in [7, 11) is 2.12. The standard InChI is InChI=1S/C18H21N3O3/c1-20-10-9-13-7-8-14(11-20)21(13)17-15(18(22)23)16(24-19-17)12-5-3-2-4-6-12/h2-6,13-14H,7-11H2,1H3,(H,22,23)/t13-,14+/m1/s1. The van der Waals surface area contributed by atoms with Gasteiger partial charge < -0.3 is 19.4 Å². The van der Waals surface area contributed by atoms with E-state index in [1.54, 1.807) is 0 Å². The number of hydrogen-bond acceptors (Lipinski definition) is 5. The summed E-state index contributed by atoms with van der Waals surface area (Å²) in [5.41, 5.74) is 0.926. The molecule has 0 spiro atoms. The van der Waals surface area contributed by atoms with Gasteiger partial charge in [0.05, 0.1) is 0 Å². The number of hydrogen-bond donors (Lipinski definition) is 1. The zero-order valence-corrected chi connectivity index (χ0v) is 13.7.